The number of rotatable bonds is 7. The Kier molecular flexibility index (Phi) is 6.09. The summed E-state index contributed by atoms with van der Waals surface area (Å²) in [6.45, 7) is 3.05. The highest BCUT2D eigenvalue weighted by molar-refractivity contribution is 7.92. The van der Waals surface area contributed by atoms with Gasteiger partial charge in [-0.3, -0.25) is 14.8 Å². The number of hydrogen-bond acceptors (Lipinski definition) is 7. The molecule has 11 heteroatoms. The fraction of sp³-hybridized carbons (Fsp3) is 0.300. The molecule has 0 aliphatic rings. The van der Waals surface area contributed by atoms with Gasteiger partial charge in [0.1, 0.15) is 0 Å². The first-order valence-electron chi connectivity index (χ1n) is 9.39. The molecular formula is C20H23N5O5S. The molecule has 1 unspecified atom stereocenters. The average Bonchev–Trinajstić information content (AvgIpc) is 3.17. The monoisotopic (exact) mass is 445 g/mol. The van der Waals surface area contributed by atoms with Crippen molar-refractivity contribution in [3.05, 3.63) is 64.8 Å². The molecule has 164 valence electrons. The molecule has 3 rings (SSSR count). The van der Waals surface area contributed by atoms with Gasteiger partial charge in [0, 0.05) is 25.1 Å². The smallest absolute Gasteiger partial charge is 0.264 e. The van der Waals surface area contributed by atoms with Crippen molar-refractivity contribution in [1.29, 1.82) is 0 Å². The summed E-state index contributed by atoms with van der Waals surface area (Å²) in [6, 6.07) is 10.6. The number of carbonyl (C=O) groups is 1. The summed E-state index contributed by atoms with van der Waals surface area (Å²) in [7, 11) is -3.83. The number of pyridine rings is 1. The zero-order valence-electron chi connectivity index (χ0n) is 17.3. The van der Waals surface area contributed by atoms with Crippen LogP contribution in [-0.2, 0) is 21.2 Å². The molecule has 2 heterocycles. The third kappa shape index (κ3) is 4.57. The lowest BCUT2D eigenvalue weighted by Gasteiger charge is -2.25. The molecule has 1 aromatic carbocycles. The van der Waals surface area contributed by atoms with E-state index < -0.39 is 20.5 Å². The first-order chi connectivity index (χ1) is 14.5. The van der Waals surface area contributed by atoms with Crippen LogP contribution in [0.1, 0.15) is 19.0 Å². The van der Waals surface area contributed by atoms with Crippen molar-refractivity contribution < 1.29 is 18.4 Å². The predicted molar refractivity (Wildman–Crippen MR) is 114 cm³/mol. The molecule has 0 aliphatic carbocycles. The van der Waals surface area contributed by atoms with E-state index >= 15 is 0 Å². The van der Waals surface area contributed by atoms with Crippen molar-refractivity contribution in [2.24, 2.45) is 0 Å². The van der Waals surface area contributed by atoms with Crippen molar-refractivity contribution in [3.8, 4) is 16.8 Å². The van der Waals surface area contributed by atoms with Crippen LogP contribution in [0, 0.1) is 6.92 Å². The van der Waals surface area contributed by atoms with Gasteiger partial charge in [0.15, 0.2) is 14.6 Å². The van der Waals surface area contributed by atoms with Gasteiger partial charge in [-0.15, -0.1) is 5.10 Å². The minimum absolute atomic E-state index is 0.0132. The molecule has 10 nitrogen and oxygen atoms in total. The molecule has 31 heavy (non-hydrogen) atoms. The fourth-order valence-corrected chi connectivity index (χ4v) is 3.92. The second-order valence-electron chi connectivity index (χ2n) is 7.49. The standard InChI is InChI=1S/C20H23N5O5S/c1-14-13-25(23-21-14)17-6-4-15(5-7-17)16-8-10-24(18(26)12-16)11-9-20(2,19(27)22-28)31(3,29)30/h4-8,10,12-13,28H,9,11H2,1-3H3,(H,22,27). The number of nitrogens with one attached hydrogen (secondary N) is 1. The Balaban J connectivity index is 1.80. The lowest BCUT2D eigenvalue weighted by Crippen LogP contribution is -2.49. The summed E-state index contributed by atoms with van der Waals surface area (Å²) in [5.74, 6) is -1.04. The quantitative estimate of drug-likeness (QED) is 0.410. The maximum Gasteiger partial charge on any atom is 0.264 e. The molecule has 2 aromatic heterocycles. The lowest BCUT2D eigenvalue weighted by molar-refractivity contribution is -0.131. The highest BCUT2D eigenvalue weighted by Crippen LogP contribution is 2.23. The van der Waals surface area contributed by atoms with Gasteiger partial charge >= 0.3 is 0 Å². The van der Waals surface area contributed by atoms with E-state index in [9.17, 15) is 18.0 Å². The third-order valence-electron chi connectivity index (χ3n) is 5.30. The van der Waals surface area contributed by atoms with Crippen LogP contribution >= 0.6 is 0 Å². The van der Waals surface area contributed by atoms with Crippen LogP contribution in [0.15, 0.2) is 53.6 Å². The van der Waals surface area contributed by atoms with Gasteiger partial charge in [0.05, 0.1) is 17.6 Å². The molecule has 0 spiro atoms. The van der Waals surface area contributed by atoms with Crippen molar-refractivity contribution in [1.82, 2.24) is 25.0 Å². The fourth-order valence-electron chi connectivity index (χ4n) is 3.07. The van der Waals surface area contributed by atoms with E-state index in [0.717, 1.165) is 23.2 Å². The van der Waals surface area contributed by atoms with E-state index in [1.165, 1.54) is 23.0 Å². The number of aryl methyl sites for hydroxylation is 2. The molecule has 0 saturated heterocycles. The van der Waals surface area contributed by atoms with Gasteiger partial charge in [-0.05, 0) is 49.6 Å². The second kappa shape index (κ2) is 8.44. The summed E-state index contributed by atoms with van der Waals surface area (Å²) in [4.78, 5) is 24.5. The van der Waals surface area contributed by atoms with Crippen molar-refractivity contribution in [2.45, 2.75) is 31.6 Å². The van der Waals surface area contributed by atoms with E-state index in [0.29, 0.717) is 5.56 Å². The number of sulfone groups is 1. The van der Waals surface area contributed by atoms with Crippen LogP contribution in [0.2, 0.25) is 0 Å². The second-order valence-corrected chi connectivity index (χ2v) is 9.94. The zero-order valence-corrected chi connectivity index (χ0v) is 18.1. The Morgan fingerprint density at radius 2 is 1.87 bits per heavy atom. The molecule has 0 bridgehead atoms. The summed E-state index contributed by atoms with van der Waals surface area (Å²) < 4.78 is 25.2. The van der Waals surface area contributed by atoms with E-state index in [4.69, 9.17) is 5.21 Å². The minimum Gasteiger partial charge on any atom is -0.315 e. The van der Waals surface area contributed by atoms with Gasteiger partial charge in [-0.1, -0.05) is 17.3 Å². The summed E-state index contributed by atoms with van der Waals surface area (Å²) in [5.41, 5.74) is 4.21. The molecular weight excluding hydrogens is 422 g/mol. The minimum atomic E-state index is -3.83. The molecule has 0 radical (unpaired) electrons. The van der Waals surface area contributed by atoms with Crippen LogP contribution in [0.25, 0.3) is 16.8 Å². The van der Waals surface area contributed by atoms with E-state index in [2.05, 4.69) is 10.3 Å². The van der Waals surface area contributed by atoms with Crippen LogP contribution in [0.4, 0.5) is 0 Å². The Bertz CT molecular complexity index is 1260. The normalized spacial score (nSPS) is 13.5. The number of aromatic nitrogens is 4. The third-order valence-corrected chi connectivity index (χ3v) is 7.33. The summed E-state index contributed by atoms with van der Waals surface area (Å²) in [5, 5.41) is 16.9. The van der Waals surface area contributed by atoms with Crippen molar-refractivity contribution in [2.75, 3.05) is 6.26 Å². The number of hydrogen-bond donors (Lipinski definition) is 2. The van der Waals surface area contributed by atoms with Crippen molar-refractivity contribution >= 4 is 15.7 Å². The first kappa shape index (κ1) is 22.4. The number of amides is 1. The number of hydroxylamine groups is 1. The van der Waals surface area contributed by atoms with Crippen LogP contribution in [-0.4, -0.2) is 50.1 Å². The molecule has 0 aliphatic heterocycles. The summed E-state index contributed by atoms with van der Waals surface area (Å²) in [6.07, 6.45) is 4.09. The van der Waals surface area contributed by atoms with Gasteiger partial charge in [0.25, 0.3) is 11.5 Å². The molecule has 2 N–H and O–H groups in total. The van der Waals surface area contributed by atoms with Gasteiger partial charge in [-0.2, -0.15) is 0 Å². The van der Waals surface area contributed by atoms with E-state index in [1.807, 2.05) is 31.2 Å². The van der Waals surface area contributed by atoms with E-state index in [1.54, 1.807) is 23.1 Å². The molecule has 3 aromatic rings. The largest absolute Gasteiger partial charge is 0.315 e. The lowest BCUT2D eigenvalue weighted by atomic mass is 10.1. The number of nitrogens with zero attached hydrogens (tertiary/aromatic N) is 4. The maximum atomic E-state index is 12.6. The molecule has 1 atom stereocenters. The van der Waals surface area contributed by atoms with E-state index in [-0.39, 0.29) is 18.5 Å². The van der Waals surface area contributed by atoms with Gasteiger partial charge in [-0.25, -0.2) is 18.6 Å². The predicted octanol–water partition coefficient (Wildman–Crippen LogP) is 1.10. The Labute approximate surface area is 179 Å². The Morgan fingerprint density at radius 3 is 2.39 bits per heavy atom. The number of benzene rings is 1. The van der Waals surface area contributed by atoms with Crippen LogP contribution in [0.3, 0.4) is 0 Å². The maximum absolute atomic E-state index is 12.6. The molecule has 0 fully saturated rings. The average molecular weight is 446 g/mol. The molecule has 0 saturated carbocycles. The zero-order chi connectivity index (χ0) is 22.8. The van der Waals surface area contributed by atoms with Crippen LogP contribution in [0.5, 0.6) is 0 Å². The SMILES string of the molecule is Cc1cn(-c2ccc(-c3ccn(CCC(C)(C(=O)NO)S(C)(=O)=O)c(=O)c3)cc2)nn1. The Hall–Kier alpha value is -3.31. The van der Waals surface area contributed by atoms with Crippen LogP contribution < -0.4 is 11.0 Å². The topological polar surface area (TPSA) is 136 Å². The summed E-state index contributed by atoms with van der Waals surface area (Å²) >= 11 is 0. The number of carbonyl (C=O) groups excluding carboxylic acids is 1. The Morgan fingerprint density at radius 1 is 1.19 bits per heavy atom. The first-order valence-corrected chi connectivity index (χ1v) is 11.3. The van der Waals surface area contributed by atoms with Crippen molar-refractivity contribution in [3.63, 3.8) is 0 Å². The molecule has 1 amide bonds. The highest BCUT2D eigenvalue weighted by Gasteiger charge is 2.43. The van der Waals surface area contributed by atoms with Gasteiger partial charge < -0.3 is 4.57 Å². The van der Waals surface area contributed by atoms with Gasteiger partial charge in [0.2, 0.25) is 0 Å². The highest BCUT2D eigenvalue weighted by atomic mass is 32.2.